The Morgan fingerprint density at radius 1 is 1.21 bits per heavy atom. The highest BCUT2D eigenvalue weighted by Gasteiger charge is 2.24. The van der Waals surface area contributed by atoms with Gasteiger partial charge in [-0.2, -0.15) is 0 Å². The maximum atomic E-state index is 5.56. The molecule has 3 heterocycles. The summed E-state index contributed by atoms with van der Waals surface area (Å²) in [5.74, 6) is 1.76. The van der Waals surface area contributed by atoms with Crippen molar-refractivity contribution in [2.45, 2.75) is 39.2 Å². The first-order chi connectivity index (χ1) is 14.2. The summed E-state index contributed by atoms with van der Waals surface area (Å²) in [5, 5.41) is 7.13. The summed E-state index contributed by atoms with van der Waals surface area (Å²) in [5.41, 5.74) is 0. The Morgan fingerprint density at radius 3 is 2.59 bits per heavy atom. The van der Waals surface area contributed by atoms with Gasteiger partial charge in [-0.3, -0.25) is 9.89 Å². The van der Waals surface area contributed by atoms with E-state index in [-0.39, 0.29) is 0 Å². The number of piperidine rings is 1. The fourth-order valence-electron chi connectivity index (χ4n) is 4.33. The lowest BCUT2D eigenvalue weighted by atomic mass is 9.93. The summed E-state index contributed by atoms with van der Waals surface area (Å²) in [7, 11) is 1.87. The van der Waals surface area contributed by atoms with E-state index in [2.05, 4.69) is 51.4 Å². The highest BCUT2D eigenvalue weighted by Crippen LogP contribution is 2.28. The number of likely N-dealkylation sites (tertiary alicyclic amines) is 1. The lowest BCUT2D eigenvalue weighted by Crippen LogP contribution is -2.46. The van der Waals surface area contributed by atoms with E-state index in [1.54, 1.807) is 0 Å². The zero-order chi connectivity index (χ0) is 20.5. The maximum absolute atomic E-state index is 5.56. The molecule has 0 aromatic carbocycles. The van der Waals surface area contributed by atoms with Gasteiger partial charge in [-0.15, -0.1) is 11.3 Å². The minimum absolute atomic E-state index is 0.370. The molecule has 3 rings (SSSR count). The van der Waals surface area contributed by atoms with Crippen LogP contribution in [0.15, 0.2) is 17.1 Å². The monoisotopic (exact) mass is 421 g/mol. The molecule has 1 atom stereocenters. The molecule has 1 unspecified atom stereocenters. The van der Waals surface area contributed by atoms with Crippen molar-refractivity contribution in [1.29, 1.82) is 0 Å². The molecule has 1 aromatic heterocycles. The van der Waals surface area contributed by atoms with E-state index in [1.165, 1.54) is 48.7 Å². The average Bonchev–Trinajstić information content (AvgIpc) is 3.19. The molecular weight excluding hydrogens is 382 g/mol. The first-order valence-corrected chi connectivity index (χ1v) is 12.1. The summed E-state index contributed by atoms with van der Waals surface area (Å²) in [6, 6.07) is 4.87. The Hall–Kier alpha value is -1.15. The van der Waals surface area contributed by atoms with Crippen LogP contribution in [0.2, 0.25) is 0 Å². The molecule has 29 heavy (non-hydrogen) atoms. The lowest BCUT2D eigenvalue weighted by molar-refractivity contribution is 0.0177. The first kappa shape index (κ1) is 22.5. The van der Waals surface area contributed by atoms with E-state index in [0.29, 0.717) is 6.04 Å². The van der Waals surface area contributed by atoms with Gasteiger partial charge in [0.1, 0.15) is 0 Å². The number of ether oxygens (including phenoxy) is 1. The second-order valence-corrected chi connectivity index (χ2v) is 9.48. The molecule has 0 amide bonds. The minimum Gasteiger partial charge on any atom is -0.379 e. The molecule has 0 spiro atoms. The number of morpholine rings is 1. The van der Waals surface area contributed by atoms with Crippen molar-refractivity contribution in [2.24, 2.45) is 10.9 Å². The number of thiophene rings is 1. The summed E-state index contributed by atoms with van der Waals surface area (Å²) in [4.78, 5) is 12.4. The molecule has 0 bridgehead atoms. The van der Waals surface area contributed by atoms with Crippen LogP contribution in [-0.2, 0) is 4.74 Å². The van der Waals surface area contributed by atoms with E-state index in [9.17, 15) is 0 Å². The quantitative estimate of drug-likeness (QED) is 0.499. The van der Waals surface area contributed by atoms with Crippen molar-refractivity contribution in [2.75, 3.05) is 66.1 Å². The molecule has 2 fully saturated rings. The first-order valence-electron chi connectivity index (χ1n) is 11.2. The van der Waals surface area contributed by atoms with Gasteiger partial charge in [0, 0.05) is 43.0 Å². The predicted octanol–water partition coefficient (Wildman–Crippen LogP) is 2.72. The molecule has 2 aliphatic rings. The highest BCUT2D eigenvalue weighted by atomic mass is 32.1. The molecule has 164 valence electrons. The standard InChI is InChI=1S/C22H39N5OS/c1-4-26-11-8-19(9-12-26)7-10-24-22(23-3)25-17-20(21-6-5-18(2)29-21)27-13-15-28-16-14-27/h5-6,19-20H,4,7-17H2,1-3H3,(H2,23,24,25). The van der Waals surface area contributed by atoms with Gasteiger partial charge in [0.2, 0.25) is 0 Å². The van der Waals surface area contributed by atoms with E-state index in [1.807, 2.05) is 18.4 Å². The van der Waals surface area contributed by atoms with Crippen molar-refractivity contribution in [1.82, 2.24) is 20.4 Å². The van der Waals surface area contributed by atoms with E-state index in [4.69, 9.17) is 4.74 Å². The zero-order valence-electron chi connectivity index (χ0n) is 18.5. The number of aliphatic imine (C=N–C) groups is 1. The molecule has 0 aliphatic carbocycles. The average molecular weight is 422 g/mol. The van der Waals surface area contributed by atoms with E-state index < -0.39 is 0 Å². The Morgan fingerprint density at radius 2 is 1.97 bits per heavy atom. The molecule has 1 aromatic rings. The SMILES string of the molecule is CCN1CCC(CCNC(=NC)NCC(c2ccc(C)s2)N2CCOCC2)CC1. The van der Waals surface area contributed by atoms with Crippen LogP contribution >= 0.6 is 11.3 Å². The third-order valence-corrected chi connectivity index (χ3v) is 7.36. The van der Waals surface area contributed by atoms with Crippen LogP contribution in [-0.4, -0.2) is 81.8 Å². The van der Waals surface area contributed by atoms with Crippen LogP contribution in [0.4, 0.5) is 0 Å². The third kappa shape index (κ3) is 6.95. The van der Waals surface area contributed by atoms with Crippen LogP contribution < -0.4 is 10.6 Å². The Bertz CT molecular complexity index is 620. The van der Waals surface area contributed by atoms with Gasteiger partial charge < -0.3 is 20.3 Å². The number of rotatable bonds is 8. The number of aryl methyl sites for hydroxylation is 1. The van der Waals surface area contributed by atoms with Gasteiger partial charge in [0.05, 0.1) is 19.3 Å². The second-order valence-electron chi connectivity index (χ2n) is 8.16. The van der Waals surface area contributed by atoms with Crippen molar-refractivity contribution in [3.8, 4) is 0 Å². The Labute approximate surface area is 180 Å². The number of hydrogen-bond donors (Lipinski definition) is 2. The van der Waals surface area contributed by atoms with Crippen molar-refractivity contribution in [3.05, 3.63) is 21.9 Å². The Balaban J connectivity index is 1.46. The maximum Gasteiger partial charge on any atom is 0.191 e. The van der Waals surface area contributed by atoms with Gasteiger partial charge in [-0.05, 0) is 63.9 Å². The summed E-state index contributed by atoms with van der Waals surface area (Å²) in [6.45, 7) is 13.7. The summed E-state index contributed by atoms with van der Waals surface area (Å²) < 4.78 is 5.56. The van der Waals surface area contributed by atoms with Crippen LogP contribution in [0, 0.1) is 12.8 Å². The topological polar surface area (TPSA) is 52.1 Å². The van der Waals surface area contributed by atoms with Crippen LogP contribution in [0.3, 0.4) is 0 Å². The second kappa shape index (κ2) is 11.9. The molecule has 2 aliphatic heterocycles. The zero-order valence-corrected chi connectivity index (χ0v) is 19.3. The van der Waals surface area contributed by atoms with Crippen LogP contribution in [0.1, 0.15) is 42.0 Å². The number of nitrogens with zero attached hydrogens (tertiary/aromatic N) is 3. The fourth-order valence-corrected chi connectivity index (χ4v) is 5.34. The Kier molecular flexibility index (Phi) is 9.24. The lowest BCUT2D eigenvalue weighted by Gasteiger charge is -2.34. The summed E-state index contributed by atoms with van der Waals surface area (Å²) >= 11 is 1.90. The van der Waals surface area contributed by atoms with E-state index in [0.717, 1.165) is 51.3 Å². The molecule has 2 saturated heterocycles. The van der Waals surface area contributed by atoms with E-state index >= 15 is 0 Å². The molecule has 2 N–H and O–H groups in total. The number of nitrogens with one attached hydrogen (secondary N) is 2. The van der Waals surface area contributed by atoms with Gasteiger partial charge in [-0.1, -0.05) is 6.92 Å². The molecule has 7 heteroatoms. The predicted molar refractivity (Wildman–Crippen MR) is 123 cm³/mol. The van der Waals surface area contributed by atoms with Crippen molar-refractivity contribution < 1.29 is 4.74 Å². The van der Waals surface area contributed by atoms with Gasteiger partial charge in [-0.25, -0.2) is 0 Å². The van der Waals surface area contributed by atoms with Gasteiger partial charge >= 0.3 is 0 Å². The largest absolute Gasteiger partial charge is 0.379 e. The molecule has 0 saturated carbocycles. The van der Waals surface area contributed by atoms with Gasteiger partial charge in [0.25, 0.3) is 0 Å². The molecule has 0 radical (unpaired) electrons. The van der Waals surface area contributed by atoms with Crippen molar-refractivity contribution >= 4 is 17.3 Å². The van der Waals surface area contributed by atoms with Crippen LogP contribution in [0.25, 0.3) is 0 Å². The van der Waals surface area contributed by atoms with Crippen molar-refractivity contribution in [3.63, 3.8) is 0 Å². The number of hydrogen-bond acceptors (Lipinski definition) is 5. The molecule has 6 nitrogen and oxygen atoms in total. The van der Waals surface area contributed by atoms with Gasteiger partial charge in [0.15, 0.2) is 5.96 Å². The van der Waals surface area contributed by atoms with Crippen LogP contribution in [0.5, 0.6) is 0 Å². The summed E-state index contributed by atoms with van der Waals surface area (Å²) in [6.07, 6.45) is 3.89. The third-order valence-electron chi connectivity index (χ3n) is 6.26. The normalized spacial score (nSPS) is 21.3. The highest BCUT2D eigenvalue weighted by molar-refractivity contribution is 7.12. The smallest absolute Gasteiger partial charge is 0.191 e. The minimum atomic E-state index is 0.370. The molecular formula is C22H39N5OS. The fraction of sp³-hybridized carbons (Fsp3) is 0.773. The number of guanidine groups is 1.